The summed E-state index contributed by atoms with van der Waals surface area (Å²) in [5.74, 6) is -10.0. The van der Waals surface area contributed by atoms with Gasteiger partial charge in [0.15, 0.2) is 30.5 Å². The lowest BCUT2D eigenvalue weighted by Crippen LogP contribution is -2.70. The summed E-state index contributed by atoms with van der Waals surface area (Å²) < 4.78 is 34.1. The molecule has 4 saturated heterocycles. The van der Waals surface area contributed by atoms with Crippen LogP contribution in [0.2, 0.25) is 0 Å². The molecule has 25 atom stereocenters. The number of aliphatic hydroxyl groups is 13. The van der Waals surface area contributed by atoms with Crippen LogP contribution in [-0.4, -0.2) is 317 Å². The highest BCUT2D eigenvalue weighted by molar-refractivity contribution is 5.98. The summed E-state index contributed by atoms with van der Waals surface area (Å²) in [5.41, 5.74) is 12.8. The smallest absolute Gasteiger partial charge is 0.306 e. The van der Waals surface area contributed by atoms with E-state index >= 15 is 9.59 Å². The first-order valence-corrected chi connectivity index (χ1v) is 31.2. The number of benzene rings is 2. The van der Waals surface area contributed by atoms with E-state index in [1.54, 1.807) is 51.1 Å². The van der Waals surface area contributed by atoms with Crippen LogP contribution in [0.1, 0.15) is 44.2 Å². The predicted molar refractivity (Wildman–Crippen MR) is 326 cm³/mol. The van der Waals surface area contributed by atoms with Gasteiger partial charge in [0, 0.05) is 18.8 Å². The zero-order valence-electron chi connectivity index (χ0n) is 52.7. The Morgan fingerprint density at radius 1 is 0.598 bits per heavy atom. The van der Waals surface area contributed by atoms with Crippen LogP contribution in [0, 0.1) is 5.92 Å². The van der Waals surface area contributed by atoms with E-state index in [1.807, 2.05) is 0 Å². The molecule has 1 unspecified atom stereocenters. The minimum atomic E-state index is -2.35. The summed E-state index contributed by atoms with van der Waals surface area (Å²) in [6.45, 7) is -0.601. The van der Waals surface area contributed by atoms with E-state index in [9.17, 15) is 90.4 Å². The van der Waals surface area contributed by atoms with Gasteiger partial charge in [-0.15, -0.1) is 0 Å². The van der Waals surface area contributed by atoms with Crippen LogP contribution in [0.4, 0.5) is 0 Å². The number of amides is 6. The molecule has 0 bridgehead atoms. The van der Waals surface area contributed by atoms with E-state index in [1.165, 1.54) is 24.3 Å². The minimum Gasteiger partial charge on any atom is -0.462 e. The lowest BCUT2D eigenvalue weighted by atomic mass is 9.92. The van der Waals surface area contributed by atoms with E-state index < -0.39 is 246 Å². The third-order valence-electron chi connectivity index (χ3n) is 17.3. The largest absolute Gasteiger partial charge is 0.462 e. The van der Waals surface area contributed by atoms with E-state index in [2.05, 4.69) is 47.2 Å². The van der Waals surface area contributed by atoms with E-state index in [4.69, 9.17) is 39.9 Å². The Balaban J connectivity index is 1.09. The van der Waals surface area contributed by atoms with Crippen molar-refractivity contribution in [2.24, 2.45) is 27.4 Å². The van der Waals surface area contributed by atoms with Crippen molar-refractivity contribution in [3.8, 4) is 5.75 Å². The van der Waals surface area contributed by atoms with Gasteiger partial charge in [-0.3, -0.25) is 43.5 Å². The van der Waals surface area contributed by atoms with Gasteiger partial charge in [0.05, 0.1) is 58.1 Å². The number of guanidine groups is 2. The number of rotatable bonds is 20. The molecule has 2 aromatic rings. The summed E-state index contributed by atoms with van der Waals surface area (Å²) in [5, 5.41) is 160. The Kier molecular flexibility index (Phi) is 25.8. The number of nitrogens with zero attached hydrogens (tertiary/aromatic N) is 3. The monoisotopic (exact) mass is 1380 g/mol. The number of hydrogen-bond acceptors (Lipinski definition) is 32. The van der Waals surface area contributed by atoms with Gasteiger partial charge in [-0.1, -0.05) is 63.2 Å². The quantitative estimate of drug-likeness (QED) is 0.0547. The Morgan fingerprint density at radius 3 is 1.84 bits per heavy atom. The lowest BCUT2D eigenvalue weighted by molar-refractivity contribution is -0.353. The molecule has 4 fully saturated rings. The number of aliphatic hydroxyl groups excluding tert-OH is 13. The molecule has 538 valence electrons. The van der Waals surface area contributed by atoms with Crippen molar-refractivity contribution >= 4 is 53.3 Å². The fourth-order valence-corrected chi connectivity index (χ4v) is 11.9. The highest BCUT2D eigenvalue weighted by Gasteiger charge is 2.55. The van der Waals surface area contributed by atoms with Crippen LogP contribution in [0.15, 0.2) is 64.6 Å². The van der Waals surface area contributed by atoms with Gasteiger partial charge in [0.2, 0.25) is 41.7 Å². The number of carbonyl (C=O) groups is 7. The number of ether oxygens (including phenoxy) is 6. The number of hydrogen-bond donors (Lipinski definition) is 22. The molecule has 24 N–H and O–H groups in total. The maximum atomic E-state index is 15.2. The van der Waals surface area contributed by atoms with E-state index in [0.29, 0.717) is 5.56 Å². The molecule has 8 rings (SSSR count). The second-order valence-electron chi connectivity index (χ2n) is 24.6. The summed E-state index contributed by atoms with van der Waals surface area (Å²) in [6, 6.07) is 0.737. The van der Waals surface area contributed by atoms with Crippen LogP contribution in [0.5, 0.6) is 5.75 Å². The van der Waals surface area contributed by atoms with E-state index in [0.717, 1.165) is 4.90 Å². The van der Waals surface area contributed by atoms with Gasteiger partial charge in [0.25, 0.3) is 0 Å². The predicted octanol–water partition coefficient (Wildman–Crippen LogP) is -12.0. The standard InChI is InChI=1S/C59H86N12O26/c1-22(2)13-35(77)96-49-42(81)32(20-74)94-57(47(49)86)97-48-33(21-75)95-56(46(85)44(48)83)92-26-11-9-24(10-12-26)14-27-51(88)69-37(39(78)28-15-63-58(60)67-28)54(91)70-38(40(79)30-16-64-59(61)71(30)55-45(84)43(82)41(80)31(19-73)93-55)53(90)66-29(18-72)50(87)62-17-34(76)68-36(52(89)65-27)23(3)25-7-5-4-6-8-25/h4-12,22-23,27-33,36-49,55-57,72-75,78-86H,13-21H2,1-3H3,(H2,61,64)(H,62,87)(H,65,89)(H,66,90)(H,68,76)(H,69,88)(H,70,91)(H3,60,63,67)/t23-,27+,28-,29-,30-,31+,32+,33+,36-,37?,38+,39-,40-,41+,42+,43-,44+,45-,46-,47-,48+,49-,55-,56-,57+/m0/s1. The van der Waals surface area contributed by atoms with Crippen molar-refractivity contribution in [1.82, 2.24) is 42.1 Å². The average Bonchev–Trinajstić information content (AvgIpc) is 1.76. The van der Waals surface area contributed by atoms with Gasteiger partial charge >= 0.3 is 5.97 Å². The Hall–Kier alpha value is -7.61. The Labute approximate surface area is 553 Å². The number of esters is 1. The van der Waals surface area contributed by atoms with Crippen molar-refractivity contribution in [2.75, 3.05) is 46.1 Å². The highest BCUT2D eigenvalue weighted by Crippen LogP contribution is 2.33. The molecule has 38 nitrogen and oxygen atoms in total. The van der Waals surface area contributed by atoms with Crippen LogP contribution < -0.4 is 53.4 Å². The molecule has 6 amide bonds. The number of nitrogens with two attached hydrogens (primary N) is 2. The van der Waals surface area contributed by atoms with Gasteiger partial charge in [-0.25, -0.2) is 0 Å². The zero-order chi connectivity index (χ0) is 70.9. The maximum Gasteiger partial charge on any atom is 0.306 e. The summed E-state index contributed by atoms with van der Waals surface area (Å²) in [4.78, 5) is 109. The van der Waals surface area contributed by atoms with Gasteiger partial charge in [0.1, 0.15) is 115 Å². The first kappa shape index (κ1) is 75.2. The van der Waals surface area contributed by atoms with Crippen molar-refractivity contribution in [3.05, 3.63) is 65.7 Å². The van der Waals surface area contributed by atoms with Crippen molar-refractivity contribution < 1.29 is 128 Å². The third kappa shape index (κ3) is 17.6. The third-order valence-corrected chi connectivity index (χ3v) is 17.3. The van der Waals surface area contributed by atoms with E-state index in [-0.39, 0.29) is 36.2 Å². The molecule has 38 heteroatoms. The van der Waals surface area contributed by atoms with Crippen LogP contribution in [-0.2, 0) is 63.7 Å². The zero-order valence-corrected chi connectivity index (χ0v) is 52.7. The molecule has 2 aromatic carbocycles. The molecule has 97 heavy (non-hydrogen) atoms. The maximum absolute atomic E-state index is 15.2. The lowest BCUT2D eigenvalue weighted by Gasteiger charge is -2.46. The molecule has 0 saturated carbocycles. The topological polar surface area (TPSA) is 602 Å². The Morgan fingerprint density at radius 2 is 1.21 bits per heavy atom. The molecular weight excluding hydrogens is 1290 g/mol. The number of aliphatic imine (C=N–C) groups is 2. The van der Waals surface area contributed by atoms with Crippen molar-refractivity contribution in [2.45, 2.75) is 186 Å². The first-order chi connectivity index (χ1) is 46.1. The molecule has 0 aliphatic carbocycles. The molecular formula is C59H86N12O26. The number of nitrogens with one attached hydrogen (secondary N) is 7. The van der Waals surface area contributed by atoms with Crippen LogP contribution >= 0.6 is 0 Å². The molecule has 6 heterocycles. The Bertz CT molecular complexity index is 3100. The summed E-state index contributed by atoms with van der Waals surface area (Å²) in [7, 11) is 0. The normalized spacial score (nSPS) is 35.9. The molecule has 0 spiro atoms. The molecule has 6 aliphatic rings. The second kappa shape index (κ2) is 33.3. The first-order valence-electron chi connectivity index (χ1n) is 31.2. The SMILES string of the molecule is CC(C)CC(=O)O[C@@H]1[C@H](O)[C@@H](O[C@H]2[C@H](O)[C@H](O)[C@@H](Oc3ccc(C[C@H]4NC(=O)[C@H]([C@@H](C)c5ccccc5)NC(=O)CNC(=O)[C@H](CO)NC(=O)[C@@H]([C@@H](O)[C@@H]5CN=C(N)N5[C@H]5O[C@H](CO)[C@@H](O)[C@H](O)[C@@H]5O)NC(=O)C([C@@H](O)[C@@H]5CN=C(N)N5)NC4=O)cc3)O[C@@H]2CO)O[C@H](CO)[C@H]1O. The van der Waals surface area contributed by atoms with Crippen LogP contribution in [0.25, 0.3) is 0 Å². The summed E-state index contributed by atoms with van der Waals surface area (Å²) in [6.07, 6.45) is -31.9. The van der Waals surface area contributed by atoms with Gasteiger partial charge in [-0.2, -0.15) is 0 Å². The minimum absolute atomic E-state index is 0.0858. The molecule has 0 aromatic heterocycles. The molecule has 0 radical (unpaired) electrons. The average molecular weight is 1380 g/mol. The van der Waals surface area contributed by atoms with Crippen LogP contribution in [0.3, 0.4) is 0 Å². The fourth-order valence-electron chi connectivity index (χ4n) is 11.9. The van der Waals surface area contributed by atoms with Crippen molar-refractivity contribution in [3.63, 3.8) is 0 Å². The van der Waals surface area contributed by atoms with Gasteiger partial charge in [-0.05, 0) is 29.2 Å². The molecule has 6 aliphatic heterocycles. The van der Waals surface area contributed by atoms with Gasteiger partial charge < -0.3 is 148 Å². The fraction of sp³-hybridized carbons (Fsp3) is 0.644. The summed E-state index contributed by atoms with van der Waals surface area (Å²) >= 11 is 0. The second-order valence-corrected chi connectivity index (χ2v) is 24.6. The van der Waals surface area contributed by atoms with Crippen molar-refractivity contribution in [1.29, 1.82) is 0 Å². The highest BCUT2D eigenvalue weighted by atomic mass is 16.7. The number of carbonyl (C=O) groups excluding carboxylic acids is 7.